The maximum Gasteiger partial charge on any atom is 0.435 e. The second kappa shape index (κ2) is 7.12. The Kier molecular flexibility index (Phi) is 5.79. The van der Waals surface area contributed by atoms with Gasteiger partial charge in [0.25, 0.3) is 0 Å². The van der Waals surface area contributed by atoms with Crippen molar-refractivity contribution in [2.45, 2.75) is 32.7 Å². The Balaban J connectivity index is 2.71. The first kappa shape index (κ1) is 16.3. The van der Waals surface area contributed by atoms with Gasteiger partial charge in [-0.2, -0.15) is 0 Å². The molecule has 0 heterocycles. The van der Waals surface area contributed by atoms with Crippen LogP contribution in [0.25, 0.3) is 0 Å². The molecule has 3 N–H and O–H groups in total. The molecule has 1 amide bonds. The fourth-order valence-corrected chi connectivity index (χ4v) is 1.69. The van der Waals surface area contributed by atoms with Crippen LogP contribution >= 0.6 is 0 Å². The Morgan fingerprint density at radius 3 is 2.40 bits per heavy atom. The average molecular weight is 281 g/mol. The number of aliphatic hydroxyl groups excluding tert-OH is 1. The first-order valence-corrected chi connectivity index (χ1v) is 6.56. The van der Waals surface area contributed by atoms with Crippen molar-refractivity contribution < 1.29 is 14.7 Å². The van der Waals surface area contributed by atoms with Crippen LogP contribution in [-0.4, -0.2) is 34.8 Å². The van der Waals surface area contributed by atoms with Crippen LogP contribution in [0.15, 0.2) is 30.3 Å². The van der Waals surface area contributed by atoms with Gasteiger partial charge in [0.2, 0.25) is 0 Å². The smallest absolute Gasteiger partial charge is 0.396 e. The monoisotopic (exact) mass is 281 g/mol. The lowest BCUT2D eigenvalue weighted by molar-refractivity contribution is 0.0562. The molecule has 1 aromatic carbocycles. The summed E-state index contributed by atoms with van der Waals surface area (Å²) in [5.74, 6) is 5.72. The number of hydrazine groups is 1. The highest BCUT2D eigenvalue weighted by atomic mass is 16.7. The third kappa shape index (κ3) is 4.71. The van der Waals surface area contributed by atoms with E-state index in [-0.39, 0.29) is 6.61 Å². The number of nitrogens with two attached hydrogens (primary N) is 1. The number of para-hydroxylation sites is 1. The topological polar surface area (TPSA) is 79.0 Å². The predicted octanol–water partition coefficient (Wildman–Crippen LogP) is 1.90. The zero-order valence-electron chi connectivity index (χ0n) is 12.2. The van der Waals surface area contributed by atoms with Gasteiger partial charge in [-0.15, -0.1) is 5.17 Å². The van der Waals surface area contributed by atoms with Gasteiger partial charge in [-0.05, 0) is 39.3 Å². The van der Waals surface area contributed by atoms with Crippen molar-refractivity contribution in [3.63, 3.8) is 0 Å². The molecule has 0 radical (unpaired) electrons. The van der Waals surface area contributed by atoms with Crippen molar-refractivity contribution in [2.75, 3.05) is 18.3 Å². The molecule has 6 heteroatoms. The largest absolute Gasteiger partial charge is 0.435 e. The molecule has 0 aliphatic rings. The maximum absolute atomic E-state index is 12.2. The van der Waals surface area contributed by atoms with E-state index in [2.05, 4.69) is 0 Å². The summed E-state index contributed by atoms with van der Waals surface area (Å²) < 4.78 is 0. The van der Waals surface area contributed by atoms with Gasteiger partial charge in [-0.25, -0.2) is 10.6 Å². The van der Waals surface area contributed by atoms with Crippen LogP contribution in [0, 0.1) is 0 Å². The average Bonchev–Trinajstić information content (AvgIpc) is 2.38. The lowest BCUT2D eigenvalue weighted by Crippen LogP contribution is -2.49. The highest BCUT2D eigenvalue weighted by Gasteiger charge is 2.28. The van der Waals surface area contributed by atoms with Gasteiger partial charge in [0.15, 0.2) is 0 Å². The van der Waals surface area contributed by atoms with Crippen molar-refractivity contribution in [1.82, 2.24) is 4.90 Å². The highest BCUT2D eigenvalue weighted by molar-refractivity contribution is 5.70. The number of benzene rings is 1. The minimum absolute atomic E-state index is 0.0187. The summed E-state index contributed by atoms with van der Waals surface area (Å²) in [6.07, 6.45) is -0.0558. The molecule has 1 rings (SSSR count). The van der Waals surface area contributed by atoms with Gasteiger partial charge in [-0.3, -0.25) is 0 Å². The van der Waals surface area contributed by atoms with Crippen LogP contribution in [0.4, 0.5) is 10.5 Å². The van der Waals surface area contributed by atoms with E-state index in [0.29, 0.717) is 18.7 Å². The van der Waals surface area contributed by atoms with Crippen LogP contribution in [0.3, 0.4) is 0 Å². The standard InChI is InChI=1S/C14H23N3O3/c1-14(2,3)16(10-7-11-18)13(19)20-17(15)12-8-5-4-6-9-12/h4-6,8-9,18H,7,10-11,15H2,1-3H3. The SMILES string of the molecule is CC(C)(C)N(CCCO)C(=O)ON(N)c1ccccc1. The third-order valence-corrected chi connectivity index (χ3v) is 2.76. The number of amides is 1. The second-order valence-corrected chi connectivity index (χ2v) is 5.42. The Hall–Kier alpha value is -1.79. The highest BCUT2D eigenvalue weighted by Crippen LogP contribution is 2.17. The van der Waals surface area contributed by atoms with E-state index in [4.69, 9.17) is 15.8 Å². The zero-order chi connectivity index (χ0) is 15.2. The summed E-state index contributed by atoms with van der Waals surface area (Å²) in [4.78, 5) is 18.9. The van der Waals surface area contributed by atoms with E-state index in [0.717, 1.165) is 5.17 Å². The van der Waals surface area contributed by atoms with Crippen LogP contribution in [0.5, 0.6) is 0 Å². The molecular formula is C14H23N3O3. The van der Waals surface area contributed by atoms with E-state index in [9.17, 15) is 4.79 Å². The molecule has 112 valence electrons. The molecule has 0 aliphatic carbocycles. The lowest BCUT2D eigenvalue weighted by atomic mass is 10.1. The normalized spacial score (nSPS) is 11.1. The molecule has 0 saturated heterocycles. The number of carbonyl (C=O) groups excluding carboxylic acids is 1. The molecule has 0 unspecified atom stereocenters. The Morgan fingerprint density at radius 1 is 1.30 bits per heavy atom. The molecule has 0 atom stereocenters. The van der Waals surface area contributed by atoms with Crippen molar-refractivity contribution >= 4 is 11.8 Å². The first-order chi connectivity index (χ1) is 9.36. The number of hydrogen-bond donors (Lipinski definition) is 2. The lowest BCUT2D eigenvalue weighted by Gasteiger charge is -2.35. The fraction of sp³-hybridized carbons (Fsp3) is 0.500. The molecule has 6 nitrogen and oxygen atoms in total. The van der Waals surface area contributed by atoms with Crippen molar-refractivity contribution in [3.05, 3.63) is 30.3 Å². The third-order valence-electron chi connectivity index (χ3n) is 2.76. The van der Waals surface area contributed by atoms with Gasteiger partial charge in [0, 0.05) is 18.7 Å². The fourth-order valence-electron chi connectivity index (χ4n) is 1.69. The number of nitrogens with zero attached hydrogens (tertiary/aromatic N) is 2. The van der Waals surface area contributed by atoms with Crippen LogP contribution < -0.4 is 11.0 Å². The molecule has 20 heavy (non-hydrogen) atoms. The molecular weight excluding hydrogens is 258 g/mol. The molecule has 0 saturated carbocycles. The second-order valence-electron chi connectivity index (χ2n) is 5.42. The molecule has 0 spiro atoms. The number of anilines is 1. The summed E-state index contributed by atoms with van der Waals surface area (Å²) in [6, 6.07) is 8.93. The van der Waals surface area contributed by atoms with E-state index in [1.165, 1.54) is 4.90 Å². The Morgan fingerprint density at radius 2 is 1.90 bits per heavy atom. The summed E-state index contributed by atoms with van der Waals surface area (Å²) in [5, 5.41) is 9.85. The summed E-state index contributed by atoms with van der Waals surface area (Å²) in [6.45, 7) is 6.12. The quantitative estimate of drug-likeness (QED) is 0.636. The molecule has 0 aromatic heterocycles. The van der Waals surface area contributed by atoms with Crippen molar-refractivity contribution in [2.24, 2.45) is 5.84 Å². The zero-order valence-corrected chi connectivity index (χ0v) is 12.2. The van der Waals surface area contributed by atoms with Gasteiger partial charge >= 0.3 is 6.09 Å². The minimum atomic E-state index is -0.544. The molecule has 0 bridgehead atoms. The van der Waals surface area contributed by atoms with E-state index in [1.54, 1.807) is 24.3 Å². The van der Waals surface area contributed by atoms with Gasteiger partial charge in [-0.1, -0.05) is 18.2 Å². The first-order valence-electron chi connectivity index (χ1n) is 6.56. The van der Waals surface area contributed by atoms with Crippen LogP contribution in [0.1, 0.15) is 27.2 Å². The van der Waals surface area contributed by atoms with Gasteiger partial charge in [0.1, 0.15) is 0 Å². The predicted molar refractivity (Wildman–Crippen MR) is 77.8 cm³/mol. The maximum atomic E-state index is 12.2. The summed E-state index contributed by atoms with van der Waals surface area (Å²) in [7, 11) is 0. The van der Waals surface area contributed by atoms with Crippen molar-refractivity contribution in [3.8, 4) is 0 Å². The Bertz CT molecular complexity index is 417. The van der Waals surface area contributed by atoms with E-state index < -0.39 is 11.6 Å². The number of hydrogen-bond acceptors (Lipinski definition) is 5. The van der Waals surface area contributed by atoms with Gasteiger partial charge < -0.3 is 14.8 Å². The van der Waals surface area contributed by atoms with Crippen LogP contribution in [-0.2, 0) is 4.84 Å². The molecule has 0 fully saturated rings. The van der Waals surface area contributed by atoms with E-state index in [1.807, 2.05) is 26.8 Å². The number of aliphatic hydroxyl groups is 1. The van der Waals surface area contributed by atoms with Crippen molar-refractivity contribution in [1.29, 1.82) is 0 Å². The molecule has 0 aliphatic heterocycles. The number of rotatable bonds is 5. The minimum Gasteiger partial charge on any atom is -0.396 e. The summed E-state index contributed by atoms with van der Waals surface area (Å²) in [5.41, 5.74) is 0.168. The van der Waals surface area contributed by atoms with E-state index >= 15 is 0 Å². The summed E-state index contributed by atoms with van der Waals surface area (Å²) >= 11 is 0. The van der Waals surface area contributed by atoms with Gasteiger partial charge in [0.05, 0.1) is 5.69 Å². The Labute approximate surface area is 119 Å². The molecule has 1 aromatic rings. The number of carbonyl (C=O) groups is 1. The van der Waals surface area contributed by atoms with Crippen LogP contribution in [0.2, 0.25) is 0 Å².